The number of aromatic nitrogens is 3. The van der Waals surface area contributed by atoms with Crippen LogP contribution < -0.4 is 11.1 Å². The maximum atomic E-state index is 6.41. The normalized spacial score (nSPS) is 19.2. The number of rotatable bonds is 6. The van der Waals surface area contributed by atoms with Crippen molar-refractivity contribution in [3.63, 3.8) is 0 Å². The van der Waals surface area contributed by atoms with Gasteiger partial charge < -0.3 is 24.8 Å². The number of imidazole rings is 1. The van der Waals surface area contributed by atoms with Crippen molar-refractivity contribution >= 4 is 22.6 Å². The summed E-state index contributed by atoms with van der Waals surface area (Å²) in [6.45, 7) is 8.18. The topological polar surface area (TPSA) is 97.0 Å². The zero-order chi connectivity index (χ0) is 23.7. The zero-order valence-electron chi connectivity index (χ0n) is 19.6. The predicted octanol–water partition coefficient (Wildman–Crippen LogP) is 3.54. The summed E-state index contributed by atoms with van der Waals surface area (Å²) in [4.78, 5) is 16.2. The molecular weight excluding hydrogens is 426 g/mol. The number of fused-ring (bicyclic) bond motifs is 1. The molecule has 2 aliphatic rings. The van der Waals surface area contributed by atoms with Crippen LogP contribution in [0, 0.1) is 6.92 Å². The second-order valence-corrected chi connectivity index (χ2v) is 8.80. The van der Waals surface area contributed by atoms with Gasteiger partial charge in [-0.3, -0.25) is 0 Å². The smallest absolute Gasteiger partial charge is 0.228 e. The summed E-state index contributed by atoms with van der Waals surface area (Å²) in [5.41, 5.74) is 15.4. The largest absolute Gasteiger partial charge is 0.444 e. The molecule has 5 rings (SSSR count). The molecule has 174 valence electrons. The number of piperidine rings is 1. The van der Waals surface area contributed by atoms with Gasteiger partial charge in [-0.25, -0.2) is 15.0 Å². The van der Waals surface area contributed by atoms with Crippen molar-refractivity contribution in [1.29, 1.82) is 0 Å². The average Bonchev–Trinajstić information content (AvgIpc) is 3.46. The maximum absolute atomic E-state index is 6.41. The van der Waals surface area contributed by atoms with Gasteiger partial charge in [0.1, 0.15) is 23.3 Å². The Morgan fingerprint density at radius 1 is 1.32 bits per heavy atom. The number of allylic oxidation sites excluding steroid dienone is 1. The molecular formula is C26H29N7O. The number of nitrogens with two attached hydrogens (primary N) is 1. The van der Waals surface area contributed by atoms with Gasteiger partial charge in [0.2, 0.25) is 5.89 Å². The molecule has 0 aromatic carbocycles. The highest BCUT2D eigenvalue weighted by molar-refractivity contribution is 6.15. The van der Waals surface area contributed by atoms with Crippen LogP contribution in [0.1, 0.15) is 36.4 Å². The fourth-order valence-corrected chi connectivity index (χ4v) is 4.46. The lowest BCUT2D eigenvalue weighted by Crippen LogP contribution is -2.43. The van der Waals surface area contributed by atoms with Gasteiger partial charge in [-0.15, -0.1) is 0 Å². The first kappa shape index (κ1) is 21.9. The molecule has 0 bridgehead atoms. The van der Waals surface area contributed by atoms with Gasteiger partial charge in [0.25, 0.3) is 0 Å². The molecule has 1 saturated heterocycles. The van der Waals surface area contributed by atoms with Gasteiger partial charge in [-0.05, 0) is 51.6 Å². The van der Waals surface area contributed by atoms with E-state index < -0.39 is 0 Å². The predicted molar refractivity (Wildman–Crippen MR) is 134 cm³/mol. The highest BCUT2D eigenvalue weighted by Gasteiger charge is 2.22. The maximum Gasteiger partial charge on any atom is 0.228 e. The standard InChI is InChI=1S/C26H29N7O/c1-17-14-30-23-10-7-19(16-33(17)23)25-21(26-28-11-13-34-26)8-9-22(27)24(31-25)18(2)29-15-20-6-4-5-12-32(20)3/h7-8,10-11,13-14,16,20,29H,2,4-6,12,15,27H2,1,3H3. The van der Waals surface area contributed by atoms with Crippen molar-refractivity contribution in [2.45, 2.75) is 32.2 Å². The minimum Gasteiger partial charge on any atom is -0.444 e. The summed E-state index contributed by atoms with van der Waals surface area (Å²) in [5.74, 6) is 0.449. The highest BCUT2D eigenvalue weighted by Crippen LogP contribution is 2.31. The number of aryl methyl sites for hydroxylation is 1. The van der Waals surface area contributed by atoms with Crippen molar-refractivity contribution < 1.29 is 4.42 Å². The van der Waals surface area contributed by atoms with Crippen LogP contribution in [0.3, 0.4) is 0 Å². The molecule has 3 N–H and O–H groups in total. The molecule has 1 atom stereocenters. The van der Waals surface area contributed by atoms with Gasteiger partial charge in [-0.2, -0.15) is 0 Å². The summed E-state index contributed by atoms with van der Waals surface area (Å²) in [5, 5.41) is 3.47. The Balaban J connectivity index is 1.54. The van der Waals surface area contributed by atoms with E-state index in [1.807, 2.05) is 35.9 Å². The molecule has 0 amide bonds. The van der Waals surface area contributed by atoms with Gasteiger partial charge in [0.15, 0.2) is 0 Å². The first-order valence-corrected chi connectivity index (χ1v) is 11.5. The fraction of sp³-hybridized carbons (Fsp3) is 0.308. The first-order chi connectivity index (χ1) is 16.5. The summed E-state index contributed by atoms with van der Waals surface area (Å²) < 4.78 is 7.65. The minimum absolute atomic E-state index is 0.411. The van der Waals surface area contributed by atoms with Crippen molar-refractivity contribution in [3.8, 4) is 0 Å². The molecule has 5 heterocycles. The molecule has 2 aliphatic heterocycles. The summed E-state index contributed by atoms with van der Waals surface area (Å²) >= 11 is 0. The van der Waals surface area contributed by atoms with Crippen molar-refractivity contribution in [3.05, 3.63) is 83.9 Å². The molecule has 0 saturated carbocycles. The van der Waals surface area contributed by atoms with Crippen LogP contribution in [0.5, 0.6) is 0 Å². The number of hydrogen-bond acceptors (Lipinski definition) is 7. The third-order valence-electron chi connectivity index (χ3n) is 6.49. The first-order valence-electron chi connectivity index (χ1n) is 11.5. The van der Waals surface area contributed by atoms with Crippen LogP contribution in [0.25, 0.3) is 16.9 Å². The molecule has 3 aromatic rings. The Hall–Kier alpha value is -3.87. The SMILES string of the molecule is C=C(NCC1CCCCN1C)C1=NC(c2ccc3ncc(C)n3c2)=C(c2ncco2)C=C=C1N. The fourth-order valence-electron chi connectivity index (χ4n) is 4.46. The molecule has 3 aromatic heterocycles. The average molecular weight is 456 g/mol. The molecule has 8 nitrogen and oxygen atoms in total. The van der Waals surface area contributed by atoms with E-state index in [9.17, 15) is 0 Å². The lowest BCUT2D eigenvalue weighted by molar-refractivity contribution is 0.185. The Morgan fingerprint density at radius 3 is 3.00 bits per heavy atom. The van der Waals surface area contributed by atoms with Crippen molar-refractivity contribution in [2.75, 3.05) is 20.1 Å². The molecule has 0 radical (unpaired) electrons. The number of nitrogens with zero attached hydrogens (tertiary/aromatic N) is 5. The Labute approximate surface area is 198 Å². The molecule has 0 spiro atoms. The quantitative estimate of drug-likeness (QED) is 0.552. The van der Waals surface area contributed by atoms with Gasteiger partial charge in [-0.1, -0.05) is 18.7 Å². The van der Waals surface area contributed by atoms with E-state index in [0.29, 0.717) is 40.3 Å². The van der Waals surface area contributed by atoms with E-state index in [-0.39, 0.29) is 0 Å². The number of likely N-dealkylation sites (N-methyl/N-ethyl adjacent to an activating group) is 1. The van der Waals surface area contributed by atoms with Crippen LogP contribution in [0.4, 0.5) is 0 Å². The van der Waals surface area contributed by atoms with Crippen molar-refractivity contribution in [2.24, 2.45) is 10.7 Å². The Bertz CT molecular complexity index is 1350. The number of oxazole rings is 1. The molecule has 8 heteroatoms. The number of hydrogen-bond donors (Lipinski definition) is 2. The molecule has 1 fully saturated rings. The van der Waals surface area contributed by atoms with E-state index in [1.54, 1.807) is 18.5 Å². The Kier molecular flexibility index (Phi) is 5.92. The van der Waals surface area contributed by atoms with Crippen LogP contribution in [-0.4, -0.2) is 51.2 Å². The molecule has 34 heavy (non-hydrogen) atoms. The van der Waals surface area contributed by atoms with Gasteiger partial charge in [0, 0.05) is 36.2 Å². The lowest BCUT2D eigenvalue weighted by atomic mass is 10.0. The highest BCUT2D eigenvalue weighted by atomic mass is 16.3. The van der Waals surface area contributed by atoms with Crippen LogP contribution in [-0.2, 0) is 0 Å². The minimum atomic E-state index is 0.411. The second kappa shape index (κ2) is 9.17. The van der Waals surface area contributed by atoms with Gasteiger partial charge >= 0.3 is 0 Å². The Morgan fingerprint density at radius 2 is 2.21 bits per heavy atom. The van der Waals surface area contributed by atoms with E-state index in [2.05, 4.69) is 39.5 Å². The number of nitrogens with one attached hydrogen (secondary N) is 1. The van der Waals surface area contributed by atoms with Crippen LogP contribution in [0.15, 0.2) is 76.2 Å². The van der Waals surface area contributed by atoms with Gasteiger partial charge in [0.05, 0.1) is 23.2 Å². The lowest BCUT2D eigenvalue weighted by Gasteiger charge is -2.33. The number of pyridine rings is 1. The monoisotopic (exact) mass is 455 g/mol. The van der Waals surface area contributed by atoms with E-state index in [4.69, 9.17) is 15.1 Å². The van der Waals surface area contributed by atoms with Crippen molar-refractivity contribution in [1.82, 2.24) is 24.6 Å². The molecule has 0 aliphatic carbocycles. The third-order valence-corrected chi connectivity index (χ3v) is 6.49. The van der Waals surface area contributed by atoms with E-state index >= 15 is 0 Å². The second-order valence-electron chi connectivity index (χ2n) is 8.80. The van der Waals surface area contributed by atoms with Crippen LogP contribution >= 0.6 is 0 Å². The zero-order valence-corrected chi connectivity index (χ0v) is 19.6. The molecule has 1 unspecified atom stereocenters. The summed E-state index contributed by atoms with van der Waals surface area (Å²) in [7, 11) is 2.17. The third kappa shape index (κ3) is 4.21. The van der Waals surface area contributed by atoms with E-state index in [0.717, 1.165) is 36.4 Å². The summed E-state index contributed by atoms with van der Waals surface area (Å²) in [6.07, 6.45) is 12.5. The summed E-state index contributed by atoms with van der Waals surface area (Å²) in [6, 6.07) is 4.42. The van der Waals surface area contributed by atoms with E-state index in [1.165, 1.54) is 12.8 Å². The van der Waals surface area contributed by atoms with Crippen LogP contribution in [0.2, 0.25) is 0 Å². The number of aliphatic imine (C=N–C) groups is 1. The number of likely N-dealkylation sites (tertiary alicyclic amines) is 1.